The Morgan fingerprint density at radius 2 is 1.69 bits per heavy atom. The van der Waals surface area contributed by atoms with E-state index in [0.717, 1.165) is 32.7 Å². The van der Waals surface area contributed by atoms with Crippen LogP contribution in [0.15, 0.2) is 54.6 Å². The van der Waals surface area contributed by atoms with Gasteiger partial charge in [0, 0.05) is 11.4 Å². The minimum Gasteiger partial charge on any atom is -0.497 e. The van der Waals surface area contributed by atoms with Gasteiger partial charge in [-0.1, -0.05) is 18.2 Å². The van der Waals surface area contributed by atoms with Crippen LogP contribution in [0, 0.1) is 0 Å². The molecular weight excluding hydrogens is 370 g/mol. The number of hydrogen-bond donors (Lipinski definition) is 4. The fourth-order valence-electron chi connectivity index (χ4n) is 3.29. The van der Waals surface area contributed by atoms with Crippen molar-refractivity contribution in [1.29, 1.82) is 0 Å². The second kappa shape index (κ2) is 10.3. The van der Waals surface area contributed by atoms with Gasteiger partial charge in [-0.25, -0.2) is 10.2 Å². The Balaban J connectivity index is 1.31. The van der Waals surface area contributed by atoms with Crippen LogP contribution >= 0.6 is 0 Å². The molecule has 0 atom stereocenters. The molecule has 4 N–H and O–H groups in total. The molecule has 3 rings (SSSR count). The normalized spacial score (nSPS) is 14.2. The van der Waals surface area contributed by atoms with Crippen molar-refractivity contribution < 1.29 is 19.2 Å². The number of carbonyl (C=O) groups excluding carboxylic acids is 2. The van der Waals surface area contributed by atoms with Crippen LogP contribution in [0.5, 0.6) is 5.75 Å². The third-order valence-electron chi connectivity index (χ3n) is 4.96. The summed E-state index contributed by atoms with van der Waals surface area (Å²) in [5.74, 6) is 0.504. The number of quaternary nitrogens is 1. The standard InChI is InChI=1S/C21H27N5O3/c1-29-19-9-7-17(8-10-19)22-21(28)24-23-20(27)11-12-25-13-15-26(16-14-25)18-5-3-2-4-6-18/h2-10H,11-16H2,1H3,(H,23,27)(H2,22,24,28)/p+1. The van der Waals surface area contributed by atoms with Crippen LogP contribution in [0.4, 0.5) is 16.2 Å². The first kappa shape index (κ1) is 20.5. The third kappa shape index (κ3) is 6.39. The van der Waals surface area contributed by atoms with Gasteiger partial charge in [-0.15, -0.1) is 0 Å². The lowest BCUT2D eigenvalue weighted by atomic mass is 10.2. The number of hydrogen-bond acceptors (Lipinski definition) is 4. The summed E-state index contributed by atoms with van der Waals surface area (Å²) in [6.45, 7) is 4.68. The van der Waals surface area contributed by atoms with E-state index >= 15 is 0 Å². The van der Waals surface area contributed by atoms with E-state index in [1.807, 2.05) is 6.07 Å². The highest BCUT2D eigenvalue weighted by Crippen LogP contribution is 2.14. The van der Waals surface area contributed by atoms with Crippen LogP contribution < -0.4 is 30.7 Å². The van der Waals surface area contributed by atoms with Gasteiger partial charge >= 0.3 is 6.03 Å². The van der Waals surface area contributed by atoms with E-state index in [2.05, 4.69) is 45.3 Å². The summed E-state index contributed by atoms with van der Waals surface area (Å²) in [4.78, 5) is 27.7. The first-order valence-electron chi connectivity index (χ1n) is 9.77. The number of carbonyl (C=O) groups is 2. The number of hydrazine groups is 1. The Morgan fingerprint density at radius 3 is 2.34 bits per heavy atom. The molecule has 1 aliphatic rings. The Hall–Kier alpha value is -3.26. The predicted molar refractivity (Wildman–Crippen MR) is 112 cm³/mol. The zero-order valence-electron chi connectivity index (χ0n) is 16.6. The quantitative estimate of drug-likeness (QED) is 0.538. The highest BCUT2D eigenvalue weighted by molar-refractivity contribution is 5.90. The van der Waals surface area contributed by atoms with E-state index in [9.17, 15) is 9.59 Å². The molecule has 1 saturated heterocycles. The molecule has 3 amide bonds. The molecule has 1 aliphatic heterocycles. The number of amides is 3. The average molecular weight is 398 g/mol. The molecule has 8 nitrogen and oxygen atoms in total. The lowest BCUT2D eigenvalue weighted by Gasteiger charge is -2.33. The van der Waals surface area contributed by atoms with Crippen LogP contribution in [0.25, 0.3) is 0 Å². The number of benzene rings is 2. The first-order valence-corrected chi connectivity index (χ1v) is 9.77. The van der Waals surface area contributed by atoms with E-state index in [0.29, 0.717) is 17.9 Å². The maximum absolute atomic E-state index is 12.0. The lowest BCUT2D eigenvalue weighted by molar-refractivity contribution is -0.900. The summed E-state index contributed by atoms with van der Waals surface area (Å²) in [5.41, 5.74) is 6.68. The van der Waals surface area contributed by atoms with Crippen LogP contribution in [0.2, 0.25) is 0 Å². The summed E-state index contributed by atoms with van der Waals surface area (Å²) in [5, 5.41) is 2.64. The highest BCUT2D eigenvalue weighted by Gasteiger charge is 2.20. The zero-order chi connectivity index (χ0) is 20.5. The van der Waals surface area contributed by atoms with E-state index in [4.69, 9.17) is 4.74 Å². The van der Waals surface area contributed by atoms with E-state index in [-0.39, 0.29) is 5.91 Å². The molecule has 2 aromatic carbocycles. The number of methoxy groups -OCH3 is 1. The van der Waals surface area contributed by atoms with Crippen molar-refractivity contribution in [1.82, 2.24) is 10.9 Å². The average Bonchev–Trinajstić information content (AvgIpc) is 2.78. The molecule has 0 aliphatic carbocycles. The van der Waals surface area contributed by atoms with Crippen molar-refractivity contribution in [2.75, 3.05) is 50.1 Å². The zero-order valence-corrected chi connectivity index (χ0v) is 16.6. The van der Waals surface area contributed by atoms with E-state index in [1.54, 1.807) is 31.4 Å². The lowest BCUT2D eigenvalue weighted by Crippen LogP contribution is -3.15. The van der Waals surface area contributed by atoms with Crippen molar-refractivity contribution in [3.05, 3.63) is 54.6 Å². The first-order chi connectivity index (χ1) is 14.1. The van der Waals surface area contributed by atoms with Gasteiger partial charge in [0.2, 0.25) is 5.91 Å². The van der Waals surface area contributed by atoms with Gasteiger partial charge in [0.15, 0.2) is 0 Å². The highest BCUT2D eigenvalue weighted by atomic mass is 16.5. The number of para-hydroxylation sites is 1. The third-order valence-corrected chi connectivity index (χ3v) is 4.96. The van der Waals surface area contributed by atoms with Crippen molar-refractivity contribution in [2.24, 2.45) is 0 Å². The van der Waals surface area contributed by atoms with Gasteiger partial charge in [0.25, 0.3) is 0 Å². The largest absolute Gasteiger partial charge is 0.497 e. The molecule has 0 saturated carbocycles. The molecule has 154 valence electrons. The fraction of sp³-hybridized carbons (Fsp3) is 0.333. The molecule has 29 heavy (non-hydrogen) atoms. The number of ether oxygens (including phenoxy) is 1. The van der Waals surface area contributed by atoms with Crippen molar-refractivity contribution in [3.8, 4) is 5.75 Å². The number of anilines is 2. The van der Waals surface area contributed by atoms with Gasteiger partial charge in [0.1, 0.15) is 5.75 Å². The summed E-state index contributed by atoms with van der Waals surface area (Å²) in [7, 11) is 1.58. The number of urea groups is 1. The summed E-state index contributed by atoms with van der Waals surface area (Å²) in [6, 6.07) is 16.8. The molecule has 0 unspecified atom stereocenters. The number of rotatable bonds is 6. The smallest absolute Gasteiger partial charge is 0.337 e. The molecule has 0 spiro atoms. The van der Waals surface area contributed by atoms with Crippen LogP contribution in [0.1, 0.15) is 6.42 Å². The number of nitrogens with zero attached hydrogens (tertiary/aromatic N) is 1. The molecule has 8 heteroatoms. The molecule has 1 fully saturated rings. The van der Waals surface area contributed by atoms with Crippen molar-refractivity contribution in [3.63, 3.8) is 0 Å². The van der Waals surface area contributed by atoms with Gasteiger partial charge in [-0.2, -0.15) is 0 Å². The minimum absolute atomic E-state index is 0.201. The minimum atomic E-state index is -0.493. The second-order valence-electron chi connectivity index (χ2n) is 6.93. The van der Waals surface area contributed by atoms with Gasteiger partial charge in [-0.05, 0) is 36.4 Å². The van der Waals surface area contributed by atoms with E-state index in [1.165, 1.54) is 10.6 Å². The Bertz CT molecular complexity index is 790. The maximum Gasteiger partial charge on any atom is 0.337 e. The molecule has 2 aromatic rings. The SMILES string of the molecule is COc1ccc(NC(=O)NNC(=O)CC[NH+]2CCN(c3ccccc3)CC2)cc1. The van der Waals surface area contributed by atoms with Crippen molar-refractivity contribution in [2.45, 2.75) is 6.42 Å². The number of nitrogens with one attached hydrogen (secondary N) is 4. The molecular formula is C21H28N5O3+. The maximum atomic E-state index is 12.0. The van der Waals surface area contributed by atoms with Crippen LogP contribution in [-0.4, -0.2) is 51.8 Å². The Kier molecular flexibility index (Phi) is 7.29. The monoisotopic (exact) mass is 398 g/mol. The molecule has 0 radical (unpaired) electrons. The molecule has 1 heterocycles. The van der Waals surface area contributed by atoms with Gasteiger partial charge < -0.3 is 19.9 Å². The molecule has 0 aromatic heterocycles. The van der Waals surface area contributed by atoms with E-state index < -0.39 is 6.03 Å². The summed E-state index contributed by atoms with van der Waals surface area (Å²) >= 11 is 0. The summed E-state index contributed by atoms with van der Waals surface area (Å²) in [6.07, 6.45) is 0.365. The van der Waals surface area contributed by atoms with Crippen molar-refractivity contribution >= 4 is 23.3 Å². The topological polar surface area (TPSA) is 87.1 Å². The van der Waals surface area contributed by atoms with Crippen LogP contribution in [-0.2, 0) is 4.79 Å². The number of piperazine rings is 1. The van der Waals surface area contributed by atoms with Gasteiger partial charge in [0.05, 0.1) is 46.3 Å². The second-order valence-corrected chi connectivity index (χ2v) is 6.93. The Morgan fingerprint density at radius 1 is 1.00 bits per heavy atom. The summed E-state index contributed by atoms with van der Waals surface area (Å²) < 4.78 is 5.07. The molecule has 0 bridgehead atoms. The Labute approximate surface area is 170 Å². The van der Waals surface area contributed by atoms with Gasteiger partial charge in [-0.3, -0.25) is 10.2 Å². The predicted octanol–water partition coefficient (Wildman–Crippen LogP) is 0.643. The van der Waals surface area contributed by atoms with Crippen LogP contribution in [0.3, 0.4) is 0 Å². The fourth-order valence-corrected chi connectivity index (χ4v) is 3.29.